The fourth-order valence-electron chi connectivity index (χ4n) is 2.84. The third kappa shape index (κ3) is 4.06. The van der Waals surface area contributed by atoms with E-state index in [9.17, 15) is 5.11 Å². The number of hydrogen-bond acceptors (Lipinski definition) is 4. The number of aliphatic hydroxyl groups excluding tert-OH is 1. The standard InChI is InChI=1S/C16H24Cl2N2O2/c1-3-6-22-16-13(17)7-12(8-14(16)18)15(10-21)20-5-4-19-9-11(20)2/h7-8,11,15,19,21H,3-6,9-10H2,1-2H3. The number of hydrogen-bond donors (Lipinski definition) is 2. The molecule has 0 spiro atoms. The van der Waals surface area contributed by atoms with Crippen molar-refractivity contribution in [3.8, 4) is 5.75 Å². The van der Waals surface area contributed by atoms with E-state index in [1.807, 2.05) is 19.1 Å². The van der Waals surface area contributed by atoms with Gasteiger partial charge in [-0.1, -0.05) is 30.1 Å². The van der Waals surface area contributed by atoms with Crippen LogP contribution in [0, 0.1) is 0 Å². The molecule has 1 aliphatic rings. The van der Waals surface area contributed by atoms with Crippen LogP contribution in [0.1, 0.15) is 31.9 Å². The monoisotopic (exact) mass is 346 g/mol. The number of benzene rings is 1. The number of piperazine rings is 1. The van der Waals surface area contributed by atoms with E-state index in [0.29, 0.717) is 28.4 Å². The van der Waals surface area contributed by atoms with Gasteiger partial charge in [-0.3, -0.25) is 4.90 Å². The molecule has 1 saturated heterocycles. The van der Waals surface area contributed by atoms with Crippen LogP contribution in [0.5, 0.6) is 5.75 Å². The highest BCUT2D eigenvalue weighted by Gasteiger charge is 2.27. The number of rotatable bonds is 6. The summed E-state index contributed by atoms with van der Waals surface area (Å²) in [6, 6.07) is 3.95. The van der Waals surface area contributed by atoms with E-state index in [0.717, 1.165) is 31.6 Å². The first-order valence-electron chi connectivity index (χ1n) is 7.77. The first-order chi connectivity index (χ1) is 10.6. The van der Waals surface area contributed by atoms with Gasteiger partial charge in [0, 0.05) is 25.7 Å². The molecule has 2 rings (SSSR count). The van der Waals surface area contributed by atoms with Crippen LogP contribution in [0.15, 0.2) is 12.1 Å². The lowest BCUT2D eigenvalue weighted by molar-refractivity contribution is 0.0723. The summed E-state index contributed by atoms with van der Waals surface area (Å²) in [5.41, 5.74) is 0.926. The summed E-state index contributed by atoms with van der Waals surface area (Å²) in [6.45, 7) is 7.51. The Kier molecular flexibility index (Phi) is 6.78. The van der Waals surface area contributed by atoms with Crippen LogP contribution < -0.4 is 10.1 Å². The van der Waals surface area contributed by atoms with Crippen molar-refractivity contribution in [2.75, 3.05) is 32.8 Å². The largest absolute Gasteiger partial charge is 0.490 e. The molecule has 0 aliphatic carbocycles. The van der Waals surface area contributed by atoms with Gasteiger partial charge in [0.15, 0.2) is 5.75 Å². The first kappa shape index (κ1) is 17.8. The van der Waals surface area contributed by atoms with Gasteiger partial charge in [-0.2, -0.15) is 0 Å². The minimum atomic E-state index is -0.104. The fourth-order valence-corrected chi connectivity index (χ4v) is 3.45. The molecule has 1 heterocycles. The van der Waals surface area contributed by atoms with Crippen molar-refractivity contribution in [2.24, 2.45) is 0 Å². The summed E-state index contributed by atoms with van der Waals surface area (Å²) in [7, 11) is 0. The molecule has 4 nitrogen and oxygen atoms in total. The van der Waals surface area contributed by atoms with Crippen molar-refractivity contribution >= 4 is 23.2 Å². The van der Waals surface area contributed by atoms with Gasteiger partial charge in [0.05, 0.1) is 29.3 Å². The Bertz CT molecular complexity index is 476. The molecule has 2 atom stereocenters. The van der Waals surface area contributed by atoms with Crippen LogP contribution in [0.2, 0.25) is 10.0 Å². The van der Waals surface area contributed by atoms with Crippen molar-refractivity contribution in [1.29, 1.82) is 0 Å². The summed E-state index contributed by atoms with van der Waals surface area (Å²) in [5.74, 6) is 0.527. The molecule has 2 N–H and O–H groups in total. The predicted octanol–water partition coefficient (Wildman–Crippen LogP) is 3.11. The number of aliphatic hydroxyl groups is 1. The molecule has 0 saturated carbocycles. The van der Waals surface area contributed by atoms with Crippen LogP contribution in [-0.4, -0.2) is 48.9 Å². The average Bonchev–Trinajstić information content (AvgIpc) is 2.49. The van der Waals surface area contributed by atoms with Gasteiger partial charge >= 0.3 is 0 Å². The average molecular weight is 347 g/mol. The molecule has 1 aliphatic heterocycles. The van der Waals surface area contributed by atoms with Gasteiger partial charge in [0.2, 0.25) is 0 Å². The van der Waals surface area contributed by atoms with Crippen LogP contribution in [0.3, 0.4) is 0 Å². The molecule has 22 heavy (non-hydrogen) atoms. The van der Waals surface area contributed by atoms with Crippen LogP contribution >= 0.6 is 23.2 Å². The minimum Gasteiger partial charge on any atom is -0.490 e. The Labute approximate surface area is 142 Å². The zero-order valence-electron chi connectivity index (χ0n) is 13.1. The SMILES string of the molecule is CCCOc1c(Cl)cc(C(CO)N2CCNCC2C)cc1Cl. The molecule has 0 aromatic heterocycles. The van der Waals surface area contributed by atoms with E-state index in [4.69, 9.17) is 27.9 Å². The van der Waals surface area contributed by atoms with Crippen molar-refractivity contribution in [1.82, 2.24) is 10.2 Å². The normalized spacial score (nSPS) is 20.9. The van der Waals surface area contributed by atoms with Crippen molar-refractivity contribution < 1.29 is 9.84 Å². The molecule has 124 valence electrons. The quantitative estimate of drug-likeness (QED) is 0.830. The maximum absolute atomic E-state index is 9.86. The number of ether oxygens (including phenoxy) is 1. The number of nitrogens with one attached hydrogen (secondary N) is 1. The zero-order chi connectivity index (χ0) is 16.1. The Balaban J connectivity index is 2.25. The third-order valence-electron chi connectivity index (χ3n) is 3.98. The van der Waals surface area contributed by atoms with E-state index in [2.05, 4.69) is 17.1 Å². The van der Waals surface area contributed by atoms with Crippen molar-refractivity contribution in [2.45, 2.75) is 32.4 Å². The van der Waals surface area contributed by atoms with Gasteiger partial charge in [0.25, 0.3) is 0 Å². The van der Waals surface area contributed by atoms with Gasteiger partial charge in [-0.25, -0.2) is 0 Å². The van der Waals surface area contributed by atoms with Gasteiger partial charge < -0.3 is 15.2 Å². The van der Waals surface area contributed by atoms with Gasteiger partial charge in [0.1, 0.15) is 0 Å². The maximum Gasteiger partial charge on any atom is 0.156 e. The highest BCUT2D eigenvalue weighted by atomic mass is 35.5. The summed E-state index contributed by atoms with van der Waals surface area (Å²) in [6.07, 6.45) is 0.895. The molecule has 1 aromatic carbocycles. The van der Waals surface area contributed by atoms with E-state index in [1.165, 1.54) is 0 Å². The van der Waals surface area contributed by atoms with Crippen molar-refractivity contribution in [3.63, 3.8) is 0 Å². The van der Waals surface area contributed by atoms with E-state index in [1.54, 1.807) is 0 Å². The van der Waals surface area contributed by atoms with Crippen molar-refractivity contribution in [3.05, 3.63) is 27.7 Å². The minimum absolute atomic E-state index is 0.0339. The lowest BCUT2D eigenvalue weighted by atomic mass is 10.0. The molecular weight excluding hydrogens is 323 g/mol. The molecule has 1 aromatic rings. The Morgan fingerprint density at radius 3 is 2.64 bits per heavy atom. The number of nitrogens with zero attached hydrogens (tertiary/aromatic N) is 1. The number of halogens is 2. The molecule has 0 bridgehead atoms. The molecule has 2 unspecified atom stereocenters. The van der Waals surface area contributed by atoms with Gasteiger partial charge in [-0.15, -0.1) is 0 Å². The molecule has 0 radical (unpaired) electrons. The first-order valence-corrected chi connectivity index (χ1v) is 8.53. The Morgan fingerprint density at radius 2 is 2.09 bits per heavy atom. The lowest BCUT2D eigenvalue weighted by Gasteiger charge is -2.39. The third-order valence-corrected chi connectivity index (χ3v) is 4.54. The summed E-state index contributed by atoms with van der Waals surface area (Å²) < 4.78 is 5.60. The lowest BCUT2D eigenvalue weighted by Crippen LogP contribution is -2.51. The predicted molar refractivity (Wildman–Crippen MR) is 91.1 cm³/mol. The highest BCUT2D eigenvalue weighted by Crippen LogP contribution is 2.37. The Morgan fingerprint density at radius 1 is 1.41 bits per heavy atom. The summed E-state index contributed by atoms with van der Waals surface area (Å²) >= 11 is 12.6. The van der Waals surface area contributed by atoms with E-state index in [-0.39, 0.29) is 12.6 Å². The highest BCUT2D eigenvalue weighted by molar-refractivity contribution is 6.37. The van der Waals surface area contributed by atoms with Crippen LogP contribution in [-0.2, 0) is 0 Å². The summed E-state index contributed by atoms with van der Waals surface area (Å²) in [5, 5.41) is 14.2. The van der Waals surface area contributed by atoms with Crippen LogP contribution in [0.4, 0.5) is 0 Å². The zero-order valence-corrected chi connectivity index (χ0v) is 14.6. The smallest absolute Gasteiger partial charge is 0.156 e. The molecular formula is C16H24Cl2N2O2. The molecule has 0 amide bonds. The fraction of sp³-hybridized carbons (Fsp3) is 0.625. The molecule has 1 fully saturated rings. The second kappa shape index (κ2) is 8.37. The Hall–Kier alpha value is -0.520. The van der Waals surface area contributed by atoms with E-state index < -0.39 is 0 Å². The second-order valence-electron chi connectivity index (χ2n) is 5.65. The van der Waals surface area contributed by atoms with E-state index >= 15 is 0 Å². The topological polar surface area (TPSA) is 44.7 Å². The molecule has 6 heteroatoms. The van der Waals surface area contributed by atoms with Crippen LogP contribution in [0.25, 0.3) is 0 Å². The summed E-state index contributed by atoms with van der Waals surface area (Å²) in [4.78, 5) is 2.28. The second-order valence-corrected chi connectivity index (χ2v) is 6.47. The maximum atomic E-state index is 9.86. The van der Waals surface area contributed by atoms with Gasteiger partial charge in [-0.05, 0) is 31.0 Å².